The van der Waals surface area contributed by atoms with Crippen molar-refractivity contribution in [2.24, 2.45) is 11.8 Å². The Bertz CT molecular complexity index is 869. The number of carbonyl (C=O) groups is 3. The molecule has 30 heavy (non-hydrogen) atoms. The predicted octanol–water partition coefficient (Wildman–Crippen LogP) is 1.15. The van der Waals surface area contributed by atoms with Crippen LogP contribution >= 0.6 is 27.5 Å². The number of ether oxygens (including phenoxy) is 1. The number of fused-ring (bicyclic) bond motifs is 1. The van der Waals surface area contributed by atoms with Crippen LogP contribution in [0.1, 0.15) is 12.8 Å². The predicted molar refractivity (Wildman–Crippen MR) is 113 cm³/mol. The highest BCUT2D eigenvalue weighted by Crippen LogP contribution is 2.60. The summed E-state index contributed by atoms with van der Waals surface area (Å²) in [6.45, 7) is 0.0874. The number of amides is 3. The van der Waals surface area contributed by atoms with E-state index in [-0.39, 0.29) is 35.7 Å². The van der Waals surface area contributed by atoms with Crippen molar-refractivity contribution in [1.82, 2.24) is 10.2 Å². The van der Waals surface area contributed by atoms with E-state index in [9.17, 15) is 19.5 Å². The average Bonchev–Trinajstić information content (AvgIpc) is 3.31. The van der Waals surface area contributed by atoms with Gasteiger partial charge in [-0.15, -0.1) is 0 Å². The molecule has 3 N–H and O–H groups in total. The number of rotatable bonds is 6. The minimum atomic E-state index is -1.10. The zero-order valence-corrected chi connectivity index (χ0v) is 18.6. The Labute approximate surface area is 187 Å². The molecule has 0 aliphatic carbocycles. The Morgan fingerprint density at radius 1 is 1.33 bits per heavy atom. The molecule has 0 radical (unpaired) electrons. The highest BCUT2D eigenvalue weighted by atomic mass is 79.9. The van der Waals surface area contributed by atoms with Gasteiger partial charge < -0.3 is 25.4 Å². The highest BCUT2D eigenvalue weighted by Gasteiger charge is 2.76. The second-order valence-corrected chi connectivity index (χ2v) is 9.50. The lowest BCUT2D eigenvalue weighted by molar-refractivity contribution is -0.140. The molecular formula is C20H23BrClN3O5. The number of anilines is 1. The van der Waals surface area contributed by atoms with Crippen LogP contribution in [-0.2, 0) is 19.1 Å². The molecule has 0 saturated carbocycles. The van der Waals surface area contributed by atoms with E-state index in [1.807, 2.05) is 0 Å². The first-order valence-electron chi connectivity index (χ1n) is 9.85. The molecule has 0 aromatic heterocycles. The lowest BCUT2D eigenvalue weighted by Gasteiger charge is -2.34. The van der Waals surface area contributed by atoms with Gasteiger partial charge in [-0.05, 0) is 37.1 Å². The molecule has 1 spiro atoms. The van der Waals surface area contributed by atoms with E-state index in [1.54, 1.807) is 24.3 Å². The SMILES string of the molecule is CNC(=O)[C@H]1[C@@H]2OC3(CC2Br)C(C(=O)Nc2ccc(Cl)cc2)N(CCCO)C(=O)[C@H]13. The maximum atomic E-state index is 13.4. The van der Waals surface area contributed by atoms with Crippen molar-refractivity contribution in [3.63, 3.8) is 0 Å². The number of likely N-dealkylation sites (tertiary alicyclic amines) is 1. The average molecular weight is 501 g/mol. The molecule has 2 bridgehead atoms. The largest absolute Gasteiger partial charge is 0.396 e. The molecule has 6 atom stereocenters. The Balaban J connectivity index is 1.71. The Hall–Kier alpha value is -1.68. The van der Waals surface area contributed by atoms with Crippen molar-refractivity contribution in [2.75, 3.05) is 25.5 Å². The van der Waals surface area contributed by atoms with Crippen molar-refractivity contribution in [3.05, 3.63) is 29.3 Å². The number of halogens is 2. The van der Waals surface area contributed by atoms with Gasteiger partial charge in [0.25, 0.3) is 0 Å². The van der Waals surface area contributed by atoms with Crippen molar-refractivity contribution in [3.8, 4) is 0 Å². The van der Waals surface area contributed by atoms with Gasteiger partial charge in [0, 0.05) is 35.7 Å². The van der Waals surface area contributed by atoms with Crippen molar-refractivity contribution < 1.29 is 24.2 Å². The van der Waals surface area contributed by atoms with E-state index in [0.29, 0.717) is 23.6 Å². The van der Waals surface area contributed by atoms with Crippen LogP contribution in [0.5, 0.6) is 0 Å². The number of aliphatic hydroxyl groups excluding tert-OH is 1. The molecule has 3 unspecified atom stereocenters. The highest BCUT2D eigenvalue weighted by molar-refractivity contribution is 9.09. The fourth-order valence-corrected chi connectivity index (χ4v) is 6.19. The quantitative estimate of drug-likeness (QED) is 0.508. The molecule has 3 heterocycles. The first-order chi connectivity index (χ1) is 14.3. The third-order valence-electron chi connectivity index (χ3n) is 6.26. The van der Waals surface area contributed by atoms with Gasteiger partial charge in [-0.25, -0.2) is 0 Å². The first kappa shape index (κ1) is 21.5. The Morgan fingerprint density at radius 2 is 2.03 bits per heavy atom. The summed E-state index contributed by atoms with van der Waals surface area (Å²) in [7, 11) is 1.53. The van der Waals surface area contributed by atoms with Crippen LogP contribution in [0.4, 0.5) is 5.69 Å². The molecule has 3 fully saturated rings. The van der Waals surface area contributed by atoms with Gasteiger partial charge in [-0.1, -0.05) is 27.5 Å². The van der Waals surface area contributed by atoms with Gasteiger partial charge in [0.1, 0.15) is 11.6 Å². The number of benzene rings is 1. The van der Waals surface area contributed by atoms with Crippen molar-refractivity contribution in [1.29, 1.82) is 0 Å². The maximum absolute atomic E-state index is 13.4. The molecule has 10 heteroatoms. The zero-order valence-electron chi connectivity index (χ0n) is 16.3. The van der Waals surface area contributed by atoms with E-state index in [4.69, 9.17) is 16.3 Å². The number of aliphatic hydroxyl groups is 1. The van der Waals surface area contributed by atoms with E-state index in [0.717, 1.165) is 0 Å². The maximum Gasteiger partial charge on any atom is 0.250 e. The Morgan fingerprint density at radius 3 is 2.67 bits per heavy atom. The van der Waals surface area contributed by atoms with Crippen LogP contribution in [0.2, 0.25) is 5.02 Å². The number of alkyl halides is 1. The van der Waals surface area contributed by atoms with Gasteiger partial charge in [-0.2, -0.15) is 0 Å². The van der Waals surface area contributed by atoms with Gasteiger partial charge in [0.15, 0.2) is 0 Å². The minimum absolute atomic E-state index is 0.115. The number of carbonyl (C=O) groups excluding carboxylic acids is 3. The fraction of sp³-hybridized carbons (Fsp3) is 0.550. The molecule has 4 rings (SSSR count). The Kier molecular flexibility index (Phi) is 5.82. The molecular weight excluding hydrogens is 478 g/mol. The summed E-state index contributed by atoms with van der Waals surface area (Å²) in [5, 5.41) is 15.3. The third kappa shape index (κ3) is 3.23. The van der Waals surface area contributed by atoms with Gasteiger partial charge in [0.2, 0.25) is 17.7 Å². The summed E-state index contributed by atoms with van der Waals surface area (Å²) in [6.07, 6.45) is 0.283. The fourth-order valence-electron chi connectivity index (χ4n) is 5.12. The number of hydrogen-bond acceptors (Lipinski definition) is 5. The van der Waals surface area contributed by atoms with Crippen LogP contribution < -0.4 is 10.6 Å². The second-order valence-electron chi connectivity index (χ2n) is 7.88. The molecule has 3 aliphatic rings. The van der Waals surface area contributed by atoms with Gasteiger partial charge >= 0.3 is 0 Å². The summed E-state index contributed by atoms with van der Waals surface area (Å²) in [5.74, 6) is -2.36. The van der Waals surface area contributed by atoms with E-state index in [1.165, 1.54) is 11.9 Å². The van der Waals surface area contributed by atoms with E-state index in [2.05, 4.69) is 26.6 Å². The van der Waals surface area contributed by atoms with Crippen LogP contribution in [-0.4, -0.2) is 70.5 Å². The normalized spacial score (nSPS) is 34.2. The lowest BCUT2D eigenvalue weighted by atomic mass is 9.70. The summed E-state index contributed by atoms with van der Waals surface area (Å²) in [6, 6.07) is 5.78. The summed E-state index contributed by atoms with van der Waals surface area (Å²) < 4.78 is 6.29. The molecule has 8 nitrogen and oxygen atoms in total. The van der Waals surface area contributed by atoms with Crippen molar-refractivity contribution >= 4 is 50.9 Å². The summed E-state index contributed by atoms with van der Waals surface area (Å²) in [4.78, 5) is 40.7. The standard InChI is InChI=1S/C20H23BrClN3O5/c1-23-17(27)13-14-19(29)25(7-2-8-26)16(20(14)9-12(21)15(13)30-20)18(28)24-11-5-3-10(22)4-6-11/h3-6,12-16,26H,2,7-9H2,1H3,(H,23,27)(H,24,28)/t12?,13-,14+,15-,16?,20?/m1/s1. The molecule has 3 aliphatic heterocycles. The van der Waals surface area contributed by atoms with Crippen LogP contribution in [0.3, 0.4) is 0 Å². The number of nitrogens with one attached hydrogen (secondary N) is 2. The molecule has 3 saturated heterocycles. The van der Waals surface area contributed by atoms with E-state index < -0.39 is 29.6 Å². The topological polar surface area (TPSA) is 108 Å². The third-order valence-corrected chi connectivity index (χ3v) is 7.35. The summed E-state index contributed by atoms with van der Waals surface area (Å²) in [5.41, 5.74) is -0.552. The lowest BCUT2D eigenvalue weighted by Crippen LogP contribution is -2.54. The van der Waals surface area contributed by atoms with Gasteiger partial charge in [-0.3, -0.25) is 14.4 Å². The summed E-state index contributed by atoms with van der Waals surface area (Å²) >= 11 is 9.51. The monoisotopic (exact) mass is 499 g/mol. The first-order valence-corrected chi connectivity index (χ1v) is 11.1. The smallest absolute Gasteiger partial charge is 0.250 e. The number of hydrogen-bond donors (Lipinski definition) is 3. The van der Waals surface area contributed by atoms with Crippen LogP contribution in [0.15, 0.2) is 24.3 Å². The van der Waals surface area contributed by atoms with Crippen molar-refractivity contribution in [2.45, 2.75) is 35.4 Å². The minimum Gasteiger partial charge on any atom is -0.396 e. The number of nitrogens with zero attached hydrogens (tertiary/aromatic N) is 1. The molecule has 3 amide bonds. The molecule has 1 aromatic rings. The van der Waals surface area contributed by atoms with Crippen LogP contribution in [0.25, 0.3) is 0 Å². The van der Waals surface area contributed by atoms with Crippen LogP contribution in [0, 0.1) is 11.8 Å². The molecule has 1 aromatic carbocycles. The van der Waals surface area contributed by atoms with Gasteiger partial charge in [0.05, 0.1) is 17.9 Å². The van der Waals surface area contributed by atoms with E-state index >= 15 is 0 Å². The molecule has 162 valence electrons. The second kappa shape index (κ2) is 8.11. The zero-order chi connectivity index (χ0) is 21.6.